The molecule has 1 aromatic heterocycles. The Kier molecular flexibility index (Phi) is 5.49. The Morgan fingerprint density at radius 1 is 1.48 bits per heavy atom. The fourth-order valence-electron chi connectivity index (χ4n) is 2.72. The molecule has 0 spiro atoms. The molecule has 4 nitrogen and oxygen atoms in total. The van der Waals surface area contributed by atoms with Crippen molar-refractivity contribution in [1.29, 1.82) is 0 Å². The molecule has 0 aliphatic carbocycles. The van der Waals surface area contributed by atoms with Crippen molar-refractivity contribution in [3.8, 4) is 5.75 Å². The molecule has 128 valence electrons. The van der Waals surface area contributed by atoms with E-state index in [0.717, 1.165) is 12.8 Å². The number of piperidine rings is 1. The van der Waals surface area contributed by atoms with Gasteiger partial charge in [-0.05, 0) is 36.8 Å². The van der Waals surface area contributed by atoms with Crippen LogP contribution < -0.4 is 4.74 Å². The molecular weight excluding hydrogens is 309 g/mol. The Bertz CT molecular complexity index is 546. The molecule has 2 rings (SSSR count). The van der Waals surface area contributed by atoms with Crippen LogP contribution >= 0.6 is 0 Å². The van der Waals surface area contributed by atoms with Crippen molar-refractivity contribution >= 4 is 5.91 Å². The molecule has 1 aliphatic heterocycles. The average molecular weight is 330 g/mol. The smallest absolute Gasteiger partial charge is 0.422 e. The number of halogens is 3. The number of amides is 1. The summed E-state index contributed by atoms with van der Waals surface area (Å²) < 4.78 is 41.7. The van der Waals surface area contributed by atoms with Gasteiger partial charge in [0.2, 0.25) is 0 Å². The second-order valence-electron chi connectivity index (χ2n) is 6.15. The number of rotatable bonds is 4. The summed E-state index contributed by atoms with van der Waals surface area (Å²) in [5.74, 6) is 0.362. The van der Waals surface area contributed by atoms with E-state index in [2.05, 4.69) is 18.8 Å². The predicted molar refractivity (Wildman–Crippen MR) is 79.3 cm³/mol. The van der Waals surface area contributed by atoms with E-state index in [1.54, 1.807) is 4.90 Å². The number of pyridine rings is 1. The van der Waals surface area contributed by atoms with E-state index in [4.69, 9.17) is 4.74 Å². The van der Waals surface area contributed by atoms with Crippen molar-refractivity contribution < 1.29 is 22.7 Å². The highest BCUT2D eigenvalue weighted by molar-refractivity contribution is 5.95. The van der Waals surface area contributed by atoms with Gasteiger partial charge in [-0.25, -0.2) is 4.98 Å². The molecule has 1 amide bonds. The third-order valence-electron chi connectivity index (χ3n) is 4.05. The lowest BCUT2D eigenvalue weighted by atomic mass is 9.88. The summed E-state index contributed by atoms with van der Waals surface area (Å²) in [5, 5.41) is 0. The largest absolute Gasteiger partial charge is 0.482 e. The van der Waals surface area contributed by atoms with Crippen molar-refractivity contribution in [1.82, 2.24) is 9.88 Å². The topological polar surface area (TPSA) is 42.4 Å². The highest BCUT2D eigenvalue weighted by Gasteiger charge is 2.31. The van der Waals surface area contributed by atoms with Crippen LogP contribution in [0.2, 0.25) is 0 Å². The lowest BCUT2D eigenvalue weighted by Crippen LogP contribution is -2.41. The van der Waals surface area contributed by atoms with Gasteiger partial charge in [0.05, 0.1) is 0 Å². The highest BCUT2D eigenvalue weighted by atomic mass is 19.4. The number of carbonyl (C=O) groups is 1. The molecule has 2 heterocycles. The number of likely N-dealkylation sites (tertiary alicyclic amines) is 1. The van der Waals surface area contributed by atoms with Crippen molar-refractivity contribution in [2.75, 3.05) is 19.7 Å². The molecule has 0 radical (unpaired) electrons. The second kappa shape index (κ2) is 7.19. The van der Waals surface area contributed by atoms with Crippen LogP contribution in [0.5, 0.6) is 5.75 Å². The van der Waals surface area contributed by atoms with Gasteiger partial charge in [-0.3, -0.25) is 4.79 Å². The Labute approximate surface area is 133 Å². The molecule has 1 saturated heterocycles. The number of nitrogens with zero attached hydrogens (tertiary/aromatic N) is 2. The van der Waals surface area contributed by atoms with Crippen LogP contribution in [0, 0.1) is 11.8 Å². The van der Waals surface area contributed by atoms with Crippen LogP contribution in [-0.2, 0) is 0 Å². The highest BCUT2D eigenvalue weighted by Crippen LogP contribution is 2.27. The monoisotopic (exact) mass is 330 g/mol. The lowest BCUT2D eigenvalue weighted by molar-refractivity contribution is -0.153. The van der Waals surface area contributed by atoms with Gasteiger partial charge in [0.1, 0.15) is 0 Å². The Hall–Kier alpha value is -1.79. The van der Waals surface area contributed by atoms with E-state index in [-0.39, 0.29) is 17.4 Å². The van der Waals surface area contributed by atoms with E-state index in [9.17, 15) is 18.0 Å². The van der Waals surface area contributed by atoms with Crippen LogP contribution in [0.4, 0.5) is 13.2 Å². The van der Waals surface area contributed by atoms with Gasteiger partial charge in [-0.2, -0.15) is 13.2 Å². The maximum atomic E-state index is 12.6. The van der Waals surface area contributed by atoms with Crippen molar-refractivity contribution in [3.63, 3.8) is 0 Å². The molecule has 1 aliphatic rings. The first-order valence-corrected chi connectivity index (χ1v) is 7.72. The molecule has 1 atom stereocenters. The maximum Gasteiger partial charge on any atom is 0.422 e. The predicted octanol–water partition coefficient (Wildman–Crippen LogP) is 3.53. The van der Waals surface area contributed by atoms with E-state index in [1.165, 1.54) is 18.3 Å². The maximum absolute atomic E-state index is 12.6. The molecular formula is C16H21F3N2O2. The molecule has 1 fully saturated rings. The third-order valence-corrected chi connectivity index (χ3v) is 4.05. The fraction of sp³-hybridized carbons (Fsp3) is 0.625. The summed E-state index contributed by atoms with van der Waals surface area (Å²) in [6.45, 7) is 3.98. The summed E-state index contributed by atoms with van der Waals surface area (Å²) in [6, 6.07) is 2.80. The Morgan fingerprint density at radius 3 is 2.87 bits per heavy atom. The van der Waals surface area contributed by atoms with Crippen LogP contribution in [0.1, 0.15) is 37.2 Å². The Morgan fingerprint density at radius 2 is 2.22 bits per heavy atom. The lowest BCUT2D eigenvalue weighted by Gasteiger charge is -2.34. The zero-order valence-corrected chi connectivity index (χ0v) is 13.3. The van der Waals surface area contributed by atoms with Gasteiger partial charge in [0.15, 0.2) is 18.1 Å². The van der Waals surface area contributed by atoms with Gasteiger partial charge >= 0.3 is 6.18 Å². The minimum absolute atomic E-state index is 0.0545. The first-order chi connectivity index (χ1) is 10.8. The second-order valence-corrected chi connectivity index (χ2v) is 6.15. The summed E-state index contributed by atoms with van der Waals surface area (Å²) in [4.78, 5) is 18.2. The first kappa shape index (κ1) is 17.6. The zero-order valence-electron chi connectivity index (χ0n) is 13.3. The van der Waals surface area contributed by atoms with Gasteiger partial charge in [-0.15, -0.1) is 0 Å². The van der Waals surface area contributed by atoms with Crippen molar-refractivity contribution in [2.24, 2.45) is 11.8 Å². The molecule has 0 N–H and O–H groups in total. The van der Waals surface area contributed by atoms with Crippen molar-refractivity contribution in [3.05, 3.63) is 24.0 Å². The minimum atomic E-state index is -4.45. The van der Waals surface area contributed by atoms with Gasteiger partial charge in [0.25, 0.3) is 5.91 Å². The van der Waals surface area contributed by atoms with Gasteiger partial charge in [-0.1, -0.05) is 13.8 Å². The van der Waals surface area contributed by atoms with Gasteiger partial charge < -0.3 is 9.64 Å². The summed E-state index contributed by atoms with van der Waals surface area (Å²) in [7, 11) is 0. The number of carbonyl (C=O) groups excluding carboxylic acids is 1. The number of hydrogen-bond acceptors (Lipinski definition) is 3. The van der Waals surface area contributed by atoms with Crippen LogP contribution in [0.25, 0.3) is 0 Å². The molecule has 23 heavy (non-hydrogen) atoms. The standard InChI is InChI=1S/C16H21F3N2O2/c1-11(2)12-5-4-8-21(9-12)15(22)14-13(6-3-7-20-14)23-10-16(17,18)19/h3,6-7,11-12H,4-5,8-10H2,1-2H3. The zero-order chi connectivity index (χ0) is 17.0. The van der Waals surface area contributed by atoms with Crippen LogP contribution in [-0.4, -0.2) is 41.7 Å². The number of alkyl halides is 3. The molecule has 1 aromatic rings. The van der Waals surface area contributed by atoms with E-state index in [0.29, 0.717) is 24.9 Å². The Balaban J connectivity index is 2.12. The van der Waals surface area contributed by atoms with E-state index >= 15 is 0 Å². The summed E-state index contributed by atoms with van der Waals surface area (Å²) >= 11 is 0. The molecule has 0 bridgehead atoms. The third kappa shape index (κ3) is 4.84. The van der Waals surface area contributed by atoms with E-state index in [1.807, 2.05) is 0 Å². The molecule has 7 heteroatoms. The number of ether oxygens (including phenoxy) is 1. The molecule has 1 unspecified atom stereocenters. The van der Waals surface area contributed by atoms with Crippen LogP contribution in [0.3, 0.4) is 0 Å². The van der Waals surface area contributed by atoms with Crippen molar-refractivity contribution in [2.45, 2.75) is 32.9 Å². The normalized spacial score (nSPS) is 19.0. The van der Waals surface area contributed by atoms with E-state index < -0.39 is 12.8 Å². The number of aromatic nitrogens is 1. The molecule has 0 saturated carbocycles. The first-order valence-electron chi connectivity index (χ1n) is 7.72. The molecule has 0 aromatic carbocycles. The SMILES string of the molecule is CC(C)C1CCCN(C(=O)c2ncccc2OCC(F)(F)F)C1. The van der Waals surface area contributed by atoms with Crippen LogP contribution in [0.15, 0.2) is 18.3 Å². The number of hydrogen-bond donors (Lipinski definition) is 0. The average Bonchev–Trinajstić information content (AvgIpc) is 2.52. The summed E-state index contributed by atoms with van der Waals surface area (Å²) in [5.41, 5.74) is -0.0545. The minimum Gasteiger partial charge on any atom is -0.482 e. The fourth-order valence-corrected chi connectivity index (χ4v) is 2.72. The summed E-state index contributed by atoms with van der Waals surface area (Å²) in [6.07, 6.45) is -1.12. The quantitative estimate of drug-likeness (QED) is 0.848. The van der Waals surface area contributed by atoms with Gasteiger partial charge in [0, 0.05) is 19.3 Å².